The molecule has 0 atom stereocenters. The van der Waals surface area contributed by atoms with E-state index in [9.17, 15) is 0 Å². The normalized spacial score (nSPS) is 12.5. The first-order valence-corrected chi connectivity index (χ1v) is 28.4. The molecule has 10 aromatic rings. The first-order chi connectivity index (χ1) is 41.3. The summed E-state index contributed by atoms with van der Waals surface area (Å²) < 4.78 is 0. The number of nitrogens with zero attached hydrogens (tertiary/aromatic N) is 8. The maximum atomic E-state index is 4.96. The van der Waals surface area contributed by atoms with Gasteiger partial charge in [-0.05, 0) is 205 Å². The van der Waals surface area contributed by atoms with E-state index in [0.29, 0.717) is 0 Å². The molecule has 0 aromatic heterocycles. The zero-order valence-corrected chi connectivity index (χ0v) is 48.3. The predicted octanol–water partition coefficient (Wildman–Crippen LogP) is 20.0. The number of hydrogen-bond donors (Lipinski definition) is 0. The highest BCUT2D eigenvalue weighted by atomic mass is 14.7. The minimum Gasteiger partial charge on any atom is -0.262 e. The van der Waals surface area contributed by atoms with Crippen LogP contribution in [0.2, 0.25) is 0 Å². The highest BCUT2D eigenvalue weighted by molar-refractivity contribution is 5.85. The summed E-state index contributed by atoms with van der Waals surface area (Å²) in [5.74, 6) is 0. The van der Waals surface area contributed by atoms with E-state index < -0.39 is 10.8 Å². The van der Waals surface area contributed by atoms with Gasteiger partial charge in [-0.3, -0.25) is 39.9 Å². The predicted molar refractivity (Wildman–Crippen MR) is 359 cm³/mol. The van der Waals surface area contributed by atoms with Crippen molar-refractivity contribution in [1.29, 1.82) is 0 Å². The van der Waals surface area contributed by atoms with Crippen LogP contribution in [-0.4, -0.2) is 49.7 Å². The van der Waals surface area contributed by atoms with E-state index >= 15 is 0 Å². The summed E-state index contributed by atoms with van der Waals surface area (Å²) in [4.78, 5) is 37.3. The first kappa shape index (κ1) is 56.8. The fourth-order valence-corrected chi connectivity index (χ4v) is 11.1. The van der Waals surface area contributed by atoms with Gasteiger partial charge in [0.1, 0.15) is 0 Å². The third kappa shape index (κ3) is 12.4. The molecule has 0 bridgehead atoms. The molecule has 0 aliphatic rings. The van der Waals surface area contributed by atoms with Crippen LogP contribution < -0.4 is 0 Å². The fraction of sp³-hybridized carbons (Fsp3) is 0.105. The van der Waals surface area contributed by atoms with Crippen molar-refractivity contribution >= 4 is 95.2 Å². The fourth-order valence-electron chi connectivity index (χ4n) is 11.1. The first-order valence-electron chi connectivity index (χ1n) is 28.4. The lowest BCUT2D eigenvalue weighted by Gasteiger charge is -2.37. The van der Waals surface area contributed by atoms with E-state index in [-0.39, 0.29) is 0 Å². The summed E-state index contributed by atoms with van der Waals surface area (Å²) in [6.07, 6.45) is 14.8. The summed E-state index contributed by atoms with van der Waals surface area (Å²) in [5.41, 5.74) is 18.8. The molecule has 410 valence electrons. The molecule has 0 fully saturated rings. The molecule has 8 nitrogen and oxygen atoms in total. The summed E-state index contributed by atoms with van der Waals surface area (Å²) in [5, 5.41) is 0. The Labute approximate surface area is 494 Å². The van der Waals surface area contributed by atoms with E-state index in [4.69, 9.17) is 9.98 Å². The highest BCUT2D eigenvalue weighted by Gasteiger charge is 2.40. The van der Waals surface area contributed by atoms with Gasteiger partial charge in [0.05, 0.1) is 56.3 Å². The van der Waals surface area contributed by atoms with Crippen LogP contribution in [0.15, 0.2) is 283 Å². The molecule has 0 amide bonds. The molecule has 0 aliphatic carbocycles. The Kier molecular flexibility index (Phi) is 18.2. The zero-order valence-electron chi connectivity index (χ0n) is 48.3. The molecule has 0 spiro atoms. The van der Waals surface area contributed by atoms with Crippen LogP contribution in [0.4, 0.5) is 45.5 Å². The van der Waals surface area contributed by atoms with Gasteiger partial charge in [-0.2, -0.15) is 0 Å². The average molecular weight is 1090 g/mol. The molecule has 0 N–H and O–H groups in total. The van der Waals surface area contributed by atoms with E-state index in [1.807, 2.05) is 91.3 Å². The molecule has 0 saturated heterocycles. The van der Waals surface area contributed by atoms with Gasteiger partial charge >= 0.3 is 0 Å². The Bertz CT molecular complexity index is 3480. The summed E-state index contributed by atoms with van der Waals surface area (Å²) in [6.45, 7) is 11.6. The molecular weight excluding hydrogens is 1020 g/mol. The third-order valence-electron chi connectivity index (χ3n) is 15.0. The Morgan fingerprint density at radius 2 is 0.345 bits per heavy atom. The lowest BCUT2D eigenvalue weighted by Crippen LogP contribution is -2.30. The van der Waals surface area contributed by atoms with Crippen molar-refractivity contribution in [2.75, 3.05) is 0 Å². The molecule has 8 heteroatoms. The second kappa shape index (κ2) is 26.9. The molecule has 0 heterocycles. The molecule has 0 aliphatic heterocycles. The van der Waals surface area contributed by atoms with E-state index in [2.05, 4.69) is 273 Å². The van der Waals surface area contributed by atoms with Crippen molar-refractivity contribution in [1.82, 2.24) is 0 Å². The Morgan fingerprint density at radius 3 is 0.500 bits per heavy atom. The smallest absolute Gasteiger partial charge is 0.0701 e. The molecular formula is C76H66N8. The topological polar surface area (TPSA) is 98.9 Å². The van der Waals surface area contributed by atoms with Crippen LogP contribution in [0.3, 0.4) is 0 Å². The standard InChI is InChI=1S/C76H66N8/c1-7-77-67-37-21-59(22-38-67)75(60-23-39-68(40-24-60)78-8-2,61-25-41-69(42-26-61)79-9-3)65-33-49-73(50-34-65)83-53-55-13-17-57(18-14-55)58-19-15-56(16-20-58)54-84-74-51-35-66(36-52-74)76(62-27-43-70(44-28-62)80-10-4,63-29-45-71(46-30-63)81-11-5)64-31-47-72(48-32-64)82-12-6/h7-54H,1-6H3/b77-7+,78-8+,79-9+,80-10+,81-11+,82-12+,83-53+,84-54+. The third-order valence-corrected chi connectivity index (χ3v) is 15.0. The van der Waals surface area contributed by atoms with Crippen LogP contribution in [0.5, 0.6) is 0 Å². The highest BCUT2D eigenvalue weighted by Crippen LogP contribution is 2.49. The van der Waals surface area contributed by atoms with Crippen molar-refractivity contribution in [3.63, 3.8) is 0 Å². The minimum absolute atomic E-state index is 0.682. The van der Waals surface area contributed by atoms with Crippen LogP contribution in [-0.2, 0) is 10.8 Å². The van der Waals surface area contributed by atoms with E-state index in [1.54, 1.807) is 0 Å². The molecule has 10 aromatic carbocycles. The summed E-state index contributed by atoms with van der Waals surface area (Å²) in [7, 11) is 0. The van der Waals surface area contributed by atoms with E-state index in [0.717, 1.165) is 112 Å². The Balaban J connectivity index is 0.883. The maximum absolute atomic E-state index is 4.96. The molecule has 0 saturated carbocycles. The number of rotatable bonds is 19. The van der Waals surface area contributed by atoms with Gasteiger partial charge in [0.15, 0.2) is 0 Å². The van der Waals surface area contributed by atoms with Gasteiger partial charge in [-0.15, -0.1) is 0 Å². The van der Waals surface area contributed by atoms with Crippen molar-refractivity contribution in [2.24, 2.45) is 39.9 Å². The van der Waals surface area contributed by atoms with Crippen LogP contribution in [0, 0.1) is 0 Å². The summed E-state index contributed by atoms with van der Waals surface area (Å²) >= 11 is 0. The van der Waals surface area contributed by atoms with Gasteiger partial charge in [0.25, 0.3) is 0 Å². The number of hydrogen-bond acceptors (Lipinski definition) is 8. The van der Waals surface area contributed by atoms with Crippen LogP contribution in [0.25, 0.3) is 11.1 Å². The monoisotopic (exact) mass is 1090 g/mol. The second-order valence-electron chi connectivity index (χ2n) is 20.0. The van der Waals surface area contributed by atoms with Gasteiger partial charge in [-0.25, -0.2) is 0 Å². The van der Waals surface area contributed by atoms with Gasteiger partial charge in [-0.1, -0.05) is 146 Å². The largest absolute Gasteiger partial charge is 0.262 e. The SMILES string of the molecule is C/C=N/c1ccc(C(c2ccc(/N=C/C)cc2)(c2ccc(/N=C/C)cc2)c2ccc(/N=C/c3ccc(-c4ccc(/C=N/c5ccc(C(c6ccc(/N=C/C)cc6)(c6ccc(/N=C/C)cc6)c6ccc(/N=C/C)cc6)cc5)cc4)cc3)cc2)cc1. The maximum Gasteiger partial charge on any atom is 0.0701 e. The lowest BCUT2D eigenvalue weighted by atomic mass is 9.65. The van der Waals surface area contributed by atoms with Crippen molar-refractivity contribution < 1.29 is 0 Å². The lowest BCUT2D eigenvalue weighted by molar-refractivity contribution is 0.745. The molecule has 0 unspecified atom stereocenters. The molecule has 84 heavy (non-hydrogen) atoms. The summed E-state index contributed by atoms with van der Waals surface area (Å²) in [6, 6.07) is 85.4. The zero-order chi connectivity index (χ0) is 58.1. The van der Waals surface area contributed by atoms with Gasteiger partial charge in [0, 0.05) is 49.7 Å². The molecule has 10 rings (SSSR count). The Morgan fingerprint density at radius 1 is 0.190 bits per heavy atom. The van der Waals surface area contributed by atoms with Crippen LogP contribution in [0.1, 0.15) is 97.2 Å². The number of aliphatic imine (C=N–C) groups is 8. The van der Waals surface area contributed by atoms with Gasteiger partial charge < -0.3 is 0 Å². The number of benzene rings is 10. The quantitative estimate of drug-likeness (QED) is 0.0569. The Hall–Kier alpha value is -10.4. The van der Waals surface area contributed by atoms with Crippen molar-refractivity contribution in [3.05, 3.63) is 298 Å². The van der Waals surface area contributed by atoms with Crippen molar-refractivity contribution in [3.8, 4) is 11.1 Å². The molecule has 0 radical (unpaired) electrons. The van der Waals surface area contributed by atoms with Crippen molar-refractivity contribution in [2.45, 2.75) is 52.4 Å². The average Bonchev–Trinajstić information content (AvgIpc) is 2.79. The minimum atomic E-state index is -0.682. The van der Waals surface area contributed by atoms with E-state index in [1.165, 1.54) is 0 Å². The second-order valence-corrected chi connectivity index (χ2v) is 20.0. The van der Waals surface area contributed by atoms with Crippen LogP contribution >= 0.6 is 0 Å². The van der Waals surface area contributed by atoms with Gasteiger partial charge in [0.2, 0.25) is 0 Å².